The Hall–Kier alpha value is -3.36. The maximum Gasteiger partial charge on any atom is 0.244 e. The number of carbonyl (C=O) groups excluding carboxylic acids is 2. The first kappa shape index (κ1) is 33.1. The molecule has 8 heteroatoms. The van der Waals surface area contributed by atoms with Crippen molar-refractivity contribution in [2.75, 3.05) is 19.6 Å². The summed E-state index contributed by atoms with van der Waals surface area (Å²) in [6.07, 6.45) is 3.82. The zero-order chi connectivity index (χ0) is 31.0. The van der Waals surface area contributed by atoms with Crippen LogP contribution in [-0.2, 0) is 22.6 Å². The summed E-state index contributed by atoms with van der Waals surface area (Å²) in [5, 5.41) is 15.1. The quantitative estimate of drug-likeness (QED) is 0.283. The number of nitrogens with two attached hydrogens (primary N) is 1. The number of nitrogens with zero attached hydrogens (tertiary/aromatic N) is 1. The minimum Gasteiger partial charge on any atom is -0.391 e. The van der Waals surface area contributed by atoms with E-state index in [0.29, 0.717) is 30.8 Å². The maximum atomic E-state index is 14.6. The van der Waals surface area contributed by atoms with Crippen LogP contribution in [0.2, 0.25) is 0 Å². The smallest absolute Gasteiger partial charge is 0.244 e. The Balaban J connectivity index is 2.09. The normalized spacial score (nSPS) is 18.2. The van der Waals surface area contributed by atoms with E-state index in [4.69, 9.17) is 5.73 Å². The van der Waals surface area contributed by atoms with E-state index < -0.39 is 35.0 Å². The van der Waals surface area contributed by atoms with Gasteiger partial charge in [0.15, 0.2) is 0 Å². The van der Waals surface area contributed by atoms with Gasteiger partial charge in [0.05, 0.1) is 11.5 Å². The van der Waals surface area contributed by atoms with Crippen LogP contribution in [0.25, 0.3) is 0 Å². The van der Waals surface area contributed by atoms with Crippen molar-refractivity contribution in [3.63, 3.8) is 0 Å². The summed E-state index contributed by atoms with van der Waals surface area (Å²) in [6.45, 7) is 11.4. The number of allylic oxidation sites excluding steroid dienone is 2. The molecule has 0 bridgehead atoms. The Labute approximate surface area is 248 Å². The third-order valence-corrected chi connectivity index (χ3v) is 7.83. The van der Waals surface area contributed by atoms with Crippen LogP contribution in [0.5, 0.6) is 0 Å². The number of carbonyl (C=O) groups is 2. The van der Waals surface area contributed by atoms with Crippen molar-refractivity contribution >= 4 is 11.8 Å². The summed E-state index contributed by atoms with van der Waals surface area (Å²) < 4.78 is 28.6. The van der Waals surface area contributed by atoms with E-state index in [1.54, 1.807) is 17.9 Å². The van der Waals surface area contributed by atoms with Crippen molar-refractivity contribution in [1.82, 2.24) is 10.2 Å². The molecule has 2 aromatic carbocycles. The molecule has 0 heterocycles. The standard InChI is InChI=1S/C34H45F2N3O3/c1-6-8-39(9-7-2)33(42)34(18-24(5)13-27(19-34)32(37)41)30(16-25-14-28(35)17-29(36)15-25)31(40)21-38-20-26-11-22(3)10-23(4)12-26/h10-15,17-18,30-31,38,40H,6-9,16,19-21H2,1-5H3,(H2,37,41)/t30-,31+,34?/m1/s1. The third kappa shape index (κ3) is 8.35. The number of halogens is 2. The van der Waals surface area contributed by atoms with Crippen LogP contribution >= 0.6 is 0 Å². The number of nitrogens with one attached hydrogen (secondary N) is 1. The van der Waals surface area contributed by atoms with E-state index in [0.717, 1.165) is 35.6 Å². The highest BCUT2D eigenvalue weighted by Gasteiger charge is 2.50. The summed E-state index contributed by atoms with van der Waals surface area (Å²) in [6, 6.07) is 9.46. The van der Waals surface area contributed by atoms with Crippen molar-refractivity contribution in [2.45, 2.75) is 73.0 Å². The molecule has 3 atom stereocenters. The van der Waals surface area contributed by atoms with Crippen LogP contribution in [0.15, 0.2) is 59.7 Å². The maximum absolute atomic E-state index is 14.6. The fourth-order valence-electron chi connectivity index (χ4n) is 6.30. The van der Waals surface area contributed by atoms with Gasteiger partial charge in [0, 0.05) is 43.7 Å². The molecule has 0 aliphatic heterocycles. The van der Waals surface area contributed by atoms with Crippen LogP contribution < -0.4 is 11.1 Å². The number of aryl methyl sites for hydroxylation is 2. The molecule has 42 heavy (non-hydrogen) atoms. The molecule has 1 aliphatic rings. The largest absolute Gasteiger partial charge is 0.391 e. The third-order valence-electron chi connectivity index (χ3n) is 7.83. The summed E-state index contributed by atoms with van der Waals surface area (Å²) in [5.74, 6) is -3.17. The molecule has 0 saturated carbocycles. The SMILES string of the molecule is CCCN(CCC)C(=O)C1([C@H](Cc2cc(F)cc(F)c2)[C@@H](O)CNCc2cc(C)cc(C)c2)C=C(C)C=C(C(N)=O)C1. The molecule has 2 amide bonds. The van der Waals surface area contributed by atoms with Gasteiger partial charge < -0.3 is 21.1 Å². The fraction of sp³-hybridized carbons (Fsp3) is 0.471. The van der Waals surface area contributed by atoms with Gasteiger partial charge in [-0.25, -0.2) is 8.78 Å². The molecule has 2 aromatic rings. The van der Waals surface area contributed by atoms with Gasteiger partial charge in [0.2, 0.25) is 11.8 Å². The van der Waals surface area contributed by atoms with Crippen molar-refractivity contribution in [3.8, 4) is 0 Å². The van der Waals surface area contributed by atoms with Crippen molar-refractivity contribution in [3.05, 3.63) is 93.6 Å². The lowest BCUT2D eigenvalue weighted by molar-refractivity contribution is -0.145. The number of amides is 2. The molecule has 1 unspecified atom stereocenters. The van der Waals surface area contributed by atoms with Crippen LogP contribution in [0.3, 0.4) is 0 Å². The van der Waals surface area contributed by atoms with Crippen molar-refractivity contribution < 1.29 is 23.5 Å². The Kier molecular flexibility index (Phi) is 11.6. The second kappa shape index (κ2) is 14.7. The van der Waals surface area contributed by atoms with Crippen molar-refractivity contribution in [2.24, 2.45) is 17.1 Å². The molecule has 0 fully saturated rings. The van der Waals surface area contributed by atoms with E-state index in [1.165, 1.54) is 12.1 Å². The molecule has 0 radical (unpaired) electrons. The lowest BCUT2D eigenvalue weighted by atomic mass is 9.63. The number of hydrogen-bond acceptors (Lipinski definition) is 4. The van der Waals surface area contributed by atoms with Crippen LogP contribution in [-0.4, -0.2) is 47.6 Å². The Morgan fingerprint density at radius 3 is 2.12 bits per heavy atom. The highest BCUT2D eigenvalue weighted by molar-refractivity contribution is 5.96. The second-order valence-electron chi connectivity index (χ2n) is 11.7. The summed E-state index contributed by atoms with van der Waals surface area (Å²) in [4.78, 5) is 28.8. The van der Waals surface area contributed by atoms with Crippen LogP contribution in [0.1, 0.15) is 62.3 Å². The summed E-state index contributed by atoms with van der Waals surface area (Å²) in [5.41, 5.74) is 8.96. The van der Waals surface area contributed by atoms with Gasteiger partial charge in [-0.3, -0.25) is 9.59 Å². The molecule has 228 valence electrons. The van der Waals surface area contributed by atoms with Crippen LogP contribution in [0, 0.1) is 36.8 Å². The highest BCUT2D eigenvalue weighted by Crippen LogP contribution is 2.45. The van der Waals surface area contributed by atoms with Gasteiger partial charge in [0.1, 0.15) is 11.6 Å². The Bertz CT molecular complexity index is 1290. The Morgan fingerprint density at radius 2 is 1.57 bits per heavy atom. The fourth-order valence-corrected chi connectivity index (χ4v) is 6.30. The van der Waals surface area contributed by atoms with Gasteiger partial charge in [-0.15, -0.1) is 0 Å². The number of rotatable bonds is 14. The minimum atomic E-state index is -1.36. The number of aliphatic hydroxyl groups is 1. The first-order valence-corrected chi connectivity index (χ1v) is 14.8. The van der Waals surface area contributed by atoms with Crippen molar-refractivity contribution in [1.29, 1.82) is 0 Å². The van der Waals surface area contributed by atoms with E-state index in [9.17, 15) is 23.5 Å². The molecule has 0 aromatic heterocycles. The van der Waals surface area contributed by atoms with E-state index >= 15 is 0 Å². The lowest BCUT2D eigenvalue weighted by Crippen LogP contribution is -2.54. The molecule has 6 nitrogen and oxygen atoms in total. The molecule has 3 rings (SSSR count). The van der Waals surface area contributed by atoms with E-state index in [1.807, 2.05) is 33.8 Å². The minimum absolute atomic E-state index is 0.00866. The van der Waals surface area contributed by atoms with E-state index in [2.05, 4.69) is 23.5 Å². The zero-order valence-electron chi connectivity index (χ0n) is 25.5. The number of hydrogen-bond donors (Lipinski definition) is 3. The van der Waals surface area contributed by atoms with Crippen LogP contribution in [0.4, 0.5) is 8.78 Å². The average molecular weight is 582 g/mol. The first-order valence-electron chi connectivity index (χ1n) is 14.8. The molecular weight excluding hydrogens is 536 g/mol. The second-order valence-corrected chi connectivity index (χ2v) is 11.7. The predicted octanol–water partition coefficient (Wildman–Crippen LogP) is 5.29. The molecule has 4 N–H and O–H groups in total. The Morgan fingerprint density at radius 1 is 0.976 bits per heavy atom. The molecule has 0 spiro atoms. The first-order chi connectivity index (χ1) is 19.9. The number of primary amides is 1. The average Bonchev–Trinajstić information content (AvgIpc) is 2.89. The number of benzene rings is 2. The number of aliphatic hydroxyl groups excluding tert-OH is 1. The van der Waals surface area contributed by atoms with Gasteiger partial charge in [-0.2, -0.15) is 0 Å². The van der Waals surface area contributed by atoms with Gasteiger partial charge in [-0.1, -0.05) is 60.9 Å². The topological polar surface area (TPSA) is 95.7 Å². The zero-order valence-corrected chi connectivity index (χ0v) is 25.5. The van der Waals surface area contributed by atoms with Gasteiger partial charge in [-0.05, 0) is 69.7 Å². The lowest BCUT2D eigenvalue weighted by Gasteiger charge is -2.45. The summed E-state index contributed by atoms with van der Waals surface area (Å²) >= 11 is 0. The monoisotopic (exact) mass is 581 g/mol. The van der Waals surface area contributed by atoms with E-state index in [-0.39, 0.29) is 30.9 Å². The molecule has 0 saturated heterocycles. The van der Waals surface area contributed by atoms with Gasteiger partial charge >= 0.3 is 0 Å². The molecule has 1 aliphatic carbocycles. The molecular formula is C34H45F2N3O3. The summed E-state index contributed by atoms with van der Waals surface area (Å²) in [7, 11) is 0. The predicted molar refractivity (Wildman–Crippen MR) is 162 cm³/mol. The van der Waals surface area contributed by atoms with Gasteiger partial charge in [0.25, 0.3) is 0 Å². The highest BCUT2D eigenvalue weighted by atomic mass is 19.1.